The summed E-state index contributed by atoms with van der Waals surface area (Å²) in [6, 6.07) is 11.6. The second-order valence-corrected chi connectivity index (χ2v) is 21.3. The van der Waals surface area contributed by atoms with Crippen molar-refractivity contribution >= 4 is 23.6 Å². The van der Waals surface area contributed by atoms with Gasteiger partial charge in [0, 0.05) is 96.8 Å². The number of alkyl halides is 2. The maximum Gasteiger partial charge on any atom is 0.325 e. The van der Waals surface area contributed by atoms with Gasteiger partial charge >= 0.3 is 11.9 Å². The van der Waals surface area contributed by atoms with E-state index >= 15 is 8.78 Å². The summed E-state index contributed by atoms with van der Waals surface area (Å²) in [5, 5.41) is 28.6. The molecule has 14 heteroatoms. The fourth-order valence-electron chi connectivity index (χ4n) is 12.7. The van der Waals surface area contributed by atoms with Crippen LogP contribution >= 0.6 is 0 Å². The Kier molecular flexibility index (Phi) is 12.5. The van der Waals surface area contributed by atoms with Crippen LogP contribution in [0.3, 0.4) is 0 Å². The molecular weight excluding hydrogens is 863 g/mol. The van der Waals surface area contributed by atoms with E-state index in [1.165, 1.54) is 11.1 Å². The van der Waals surface area contributed by atoms with E-state index in [9.17, 15) is 19.8 Å². The number of unbranched alkanes of at least 4 members (excludes halogenated alkanes) is 1. The van der Waals surface area contributed by atoms with Crippen LogP contribution in [-0.4, -0.2) is 102 Å². The topological polar surface area (TPSA) is 157 Å². The molecule has 3 saturated carbocycles. The van der Waals surface area contributed by atoms with E-state index in [-0.39, 0.29) is 43.1 Å². The lowest BCUT2D eigenvalue weighted by molar-refractivity contribution is -0.144. The van der Waals surface area contributed by atoms with Gasteiger partial charge in [-0.2, -0.15) is 0 Å². The fourth-order valence-corrected chi connectivity index (χ4v) is 12.7. The van der Waals surface area contributed by atoms with Gasteiger partial charge in [0.25, 0.3) is 0 Å². The number of carboxylic acid groups (broad SMARTS) is 2. The molecule has 3 unspecified atom stereocenters. The van der Waals surface area contributed by atoms with Crippen LogP contribution in [0.1, 0.15) is 170 Å². The molecule has 7 atom stereocenters. The molecular formula is C54H66F2N8O4. The minimum Gasteiger partial charge on any atom is -0.480 e. The number of hydrogen-bond donors (Lipinski definition) is 4. The SMILES string of the molecule is O=C(O)[C@H](c1cc(C(CCCc2ccc3c(n2)NCCC3)C[C@@]2(F)CCN([C@@H](C(=O)O)c3cccnc3C3CC3)C2)cnc1C1CC1)N1CC[C@]2(F)C(CCCCc3ccc4c(n3)NCCC4)C12. The monoisotopic (exact) mass is 929 g/mol. The zero-order chi connectivity index (χ0) is 46.6. The van der Waals surface area contributed by atoms with Gasteiger partial charge in [-0.25, -0.2) is 18.7 Å². The number of nitrogens with one attached hydrogen (secondary N) is 2. The zero-order valence-electron chi connectivity index (χ0n) is 39.2. The number of fused-ring (bicyclic) bond motifs is 3. The summed E-state index contributed by atoms with van der Waals surface area (Å²) in [6.07, 6.45) is 17.5. The Balaban J connectivity index is 0.836. The summed E-state index contributed by atoms with van der Waals surface area (Å²) < 4.78 is 34.4. The lowest BCUT2D eigenvalue weighted by Crippen LogP contribution is -2.37. The standard InChI is InChI=1S/C54H66F2N8O4/c55-53(22-27-63(32-53)46(51(65)66)41-12-6-24-57-44(41)33-14-15-33)30-37(7-3-11-40-21-19-36-9-5-26-59-50(36)62-40)38-29-42(45(60-31-38)34-16-17-34)47(52(67)68)64-28-23-54(56)43(48(54)64)13-2-1-10-39-20-18-35-8-4-25-58-49(35)61-39/h6,12,18-21,24,29,31,33-34,37,43,46-48H,1-5,7-11,13-17,22-23,25-28,30,32H2,(H,58,61)(H,59,62)(H,65,66)(H,67,68)/t37?,43?,46-,47+,48?,53+,54+/m1/s1. The van der Waals surface area contributed by atoms with Gasteiger partial charge in [-0.3, -0.25) is 29.4 Å². The van der Waals surface area contributed by atoms with Gasteiger partial charge < -0.3 is 20.8 Å². The number of likely N-dealkylation sites (tertiary alicyclic amines) is 2. The van der Waals surface area contributed by atoms with Crippen molar-refractivity contribution in [3.05, 3.63) is 105 Å². The van der Waals surface area contributed by atoms with Gasteiger partial charge in [0.05, 0.1) is 6.04 Å². The van der Waals surface area contributed by atoms with Gasteiger partial charge in [-0.05, 0) is 156 Å². The van der Waals surface area contributed by atoms with Crippen LogP contribution in [0.15, 0.2) is 54.9 Å². The number of carbonyl (C=O) groups is 2. The summed E-state index contributed by atoms with van der Waals surface area (Å²) in [4.78, 5) is 49.7. The van der Waals surface area contributed by atoms with Crippen molar-refractivity contribution in [3.8, 4) is 0 Å². The van der Waals surface area contributed by atoms with Crippen molar-refractivity contribution < 1.29 is 28.6 Å². The van der Waals surface area contributed by atoms with Gasteiger partial charge in [0.1, 0.15) is 35.1 Å². The molecule has 0 amide bonds. The highest BCUT2D eigenvalue weighted by molar-refractivity contribution is 5.77. The first kappa shape index (κ1) is 45.4. The summed E-state index contributed by atoms with van der Waals surface area (Å²) in [7, 11) is 0. The third-order valence-corrected chi connectivity index (χ3v) is 16.5. The molecule has 0 spiro atoms. The quantitative estimate of drug-likeness (QED) is 0.0624. The number of rotatable bonds is 20. The Hall–Kier alpha value is -5.08. The fraction of sp³-hybridized carbons (Fsp3) is 0.593. The predicted octanol–water partition coefficient (Wildman–Crippen LogP) is 9.43. The Morgan fingerprint density at radius 2 is 1.44 bits per heavy atom. The van der Waals surface area contributed by atoms with E-state index in [0.717, 1.165) is 130 Å². The van der Waals surface area contributed by atoms with E-state index in [2.05, 4.69) is 39.9 Å². The number of halogens is 2. The minimum atomic E-state index is -1.70. The lowest BCUT2D eigenvalue weighted by Gasteiger charge is -2.31. The molecule has 68 heavy (non-hydrogen) atoms. The van der Waals surface area contributed by atoms with E-state index in [1.54, 1.807) is 17.2 Å². The Bertz CT molecular complexity index is 2540. The molecule has 4 N–H and O–H groups in total. The van der Waals surface area contributed by atoms with Gasteiger partial charge in [0.15, 0.2) is 0 Å². The van der Waals surface area contributed by atoms with Crippen molar-refractivity contribution in [3.63, 3.8) is 0 Å². The van der Waals surface area contributed by atoms with Crippen LogP contribution in [-0.2, 0) is 35.3 Å². The normalized spacial score (nSPS) is 26.7. The highest BCUT2D eigenvalue weighted by Gasteiger charge is 2.72. The second kappa shape index (κ2) is 18.7. The van der Waals surface area contributed by atoms with E-state index < -0.39 is 41.4 Å². The number of carboxylic acids is 2. The lowest BCUT2D eigenvalue weighted by atomic mass is 9.82. The van der Waals surface area contributed by atoms with Gasteiger partial charge in [-0.15, -0.1) is 0 Å². The van der Waals surface area contributed by atoms with Crippen LogP contribution < -0.4 is 10.6 Å². The highest BCUT2D eigenvalue weighted by Crippen LogP contribution is 2.62. The second-order valence-electron chi connectivity index (χ2n) is 21.3. The molecule has 0 bridgehead atoms. The van der Waals surface area contributed by atoms with Gasteiger partial charge in [0.2, 0.25) is 0 Å². The smallest absolute Gasteiger partial charge is 0.325 e. The summed E-state index contributed by atoms with van der Waals surface area (Å²) in [6.45, 7) is 2.45. The van der Waals surface area contributed by atoms with Crippen LogP contribution in [0.2, 0.25) is 0 Å². The van der Waals surface area contributed by atoms with Crippen molar-refractivity contribution in [1.29, 1.82) is 0 Å². The summed E-state index contributed by atoms with van der Waals surface area (Å²) in [5.74, 6) is -0.270. The summed E-state index contributed by atoms with van der Waals surface area (Å²) >= 11 is 0. The number of anilines is 2. The molecule has 11 rings (SSSR count). The third kappa shape index (κ3) is 9.23. The van der Waals surface area contributed by atoms with Crippen molar-refractivity contribution in [2.24, 2.45) is 5.92 Å². The molecule has 4 aromatic rings. The number of piperidine rings is 1. The molecule has 360 valence electrons. The van der Waals surface area contributed by atoms with Crippen molar-refractivity contribution in [2.45, 2.75) is 163 Å². The highest BCUT2D eigenvalue weighted by atomic mass is 19.1. The number of aryl methyl sites for hydroxylation is 4. The minimum absolute atomic E-state index is 0.0355. The van der Waals surface area contributed by atoms with Crippen LogP contribution in [0, 0.1) is 5.92 Å². The molecule has 8 heterocycles. The molecule has 4 aliphatic heterocycles. The molecule has 7 aliphatic rings. The maximum atomic E-state index is 17.7. The number of nitrogens with zero attached hydrogens (tertiary/aromatic N) is 6. The third-order valence-electron chi connectivity index (χ3n) is 16.5. The van der Waals surface area contributed by atoms with Crippen molar-refractivity contribution in [1.82, 2.24) is 29.7 Å². The number of aromatic nitrogens is 4. The van der Waals surface area contributed by atoms with E-state index in [1.807, 2.05) is 23.2 Å². The Morgan fingerprint density at radius 3 is 2.10 bits per heavy atom. The molecule has 12 nitrogen and oxygen atoms in total. The summed E-state index contributed by atoms with van der Waals surface area (Å²) in [5.41, 5.74) is 5.00. The average molecular weight is 929 g/mol. The predicted molar refractivity (Wildman–Crippen MR) is 256 cm³/mol. The molecule has 0 aromatic carbocycles. The average Bonchev–Trinajstić information content (AvgIpc) is 4.30. The molecule has 0 radical (unpaired) electrons. The Labute approximate surface area is 398 Å². The molecule has 2 saturated heterocycles. The Morgan fingerprint density at radius 1 is 0.779 bits per heavy atom. The van der Waals surface area contributed by atoms with Gasteiger partial charge in [-0.1, -0.05) is 24.6 Å². The first-order valence-corrected chi connectivity index (χ1v) is 25.8. The van der Waals surface area contributed by atoms with Crippen molar-refractivity contribution in [2.75, 3.05) is 43.4 Å². The van der Waals surface area contributed by atoms with E-state index in [4.69, 9.17) is 15.0 Å². The first-order valence-electron chi connectivity index (χ1n) is 25.8. The molecule has 3 aliphatic carbocycles. The van der Waals surface area contributed by atoms with E-state index in [0.29, 0.717) is 49.9 Å². The van der Waals surface area contributed by atoms with Crippen LogP contribution in [0.4, 0.5) is 20.4 Å². The molecule has 4 aromatic heterocycles. The molecule has 5 fully saturated rings. The van der Waals surface area contributed by atoms with Crippen LogP contribution in [0.5, 0.6) is 0 Å². The first-order chi connectivity index (χ1) is 33.0. The maximum absolute atomic E-state index is 17.7. The zero-order valence-corrected chi connectivity index (χ0v) is 39.2. The number of hydrogen-bond acceptors (Lipinski definition) is 10. The largest absolute Gasteiger partial charge is 0.480 e. The number of pyridine rings is 4. The number of aliphatic carboxylic acids is 2. The van der Waals surface area contributed by atoms with Crippen LogP contribution in [0.25, 0.3) is 0 Å².